The molecule has 0 radical (unpaired) electrons. The fourth-order valence-electron chi connectivity index (χ4n) is 2.58. The molecule has 1 heterocycles. The van der Waals surface area contributed by atoms with Crippen molar-refractivity contribution in [3.8, 4) is 16.9 Å². The summed E-state index contributed by atoms with van der Waals surface area (Å²) in [6.07, 6.45) is 1.78. The molecule has 26 heavy (non-hydrogen) atoms. The van der Waals surface area contributed by atoms with Gasteiger partial charge in [0.2, 0.25) is 0 Å². The van der Waals surface area contributed by atoms with Crippen molar-refractivity contribution >= 4 is 25.8 Å². The summed E-state index contributed by atoms with van der Waals surface area (Å²) in [4.78, 5) is 11.1. The highest BCUT2D eigenvalue weighted by Crippen LogP contribution is 2.29. The van der Waals surface area contributed by atoms with Crippen LogP contribution in [-0.2, 0) is 9.84 Å². The zero-order valence-corrected chi connectivity index (χ0v) is 16.0. The molecule has 3 rings (SSSR count). The van der Waals surface area contributed by atoms with Crippen LogP contribution in [0.1, 0.15) is 5.56 Å². The van der Waals surface area contributed by atoms with Crippen molar-refractivity contribution in [1.29, 1.82) is 0 Å². The molecule has 0 aliphatic rings. The maximum absolute atomic E-state index is 14.2. The molecule has 0 saturated heterocycles. The van der Waals surface area contributed by atoms with Crippen LogP contribution in [0.3, 0.4) is 0 Å². The Hall–Kier alpha value is -2.26. The molecule has 0 atom stereocenters. The second-order valence-corrected chi connectivity index (χ2v) is 8.50. The van der Waals surface area contributed by atoms with Crippen LogP contribution in [-0.4, -0.2) is 19.2 Å². The van der Waals surface area contributed by atoms with E-state index in [0.29, 0.717) is 11.9 Å². The van der Waals surface area contributed by atoms with Crippen molar-refractivity contribution in [2.75, 3.05) is 6.26 Å². The lowest BCUT2D eigenvalue weighted by Crippen LogP contribution is -2.13. The lowest BCUT2D eigenvalue weighted by atomic mass is 10.1. The van der Waals surface area contributed by atoms with Gasteiger partial charge in [0, 0.05) is 16.3 Å². The molecule has 5 nitrogen and oxygen atoms in total. The van der Waals surface area contributed by atoms with E-state index in [1.807, 2.05) is 6.92 Å². The lowest BCUT2D eigenvalue weighted by Gasteiger charge is -2.10. The van der Waals surface area contributed by atoms with Crippen LogP contribution in [0.5, 0.6) is 0 Å². The highest BCUT2D eigenvalue weighted by Gasteiger charge is 2.23. The molecule has 0 unspecified atom stereocenters. The Kier molecular flexibility index (Phi) is 4.61. The molecule has 0 spiro atoms. The van der Waals surface area contributed by atoms with Gasteiger partial charge >= 0.3 is 5.76 Å². The molecule has 2 aromatic carbocycles. The quantitative estimate of drug-likeness (QED) is 0.616. The molecule has 9 heteroatoms. The van der Waals surface area contributed by atoms with Gasteiger partial charge in [0.1, 0.15) is 22.8 Å². The molecule has 0 fully saturated rings. The fraction of sp³-hybridized carbons (Fsp3) is 0.118. The minimum absolute atomic E-state index is 0.0289. The van der Waals surface area contributed by atoms with E-state index in [1.165, 1.54) is 0 Å². The summed E-state index contributed by atoms with van der Waals surface area (Å²) < 4.78 is 58.3. The molecular weight excluding hydrogens is 432 g/mol. The highest BCUT2D eigenvalue weighted by atomic mass is 79.9. The third-order valence-corrected chi connectivity index (χ3v) is 5.78. The van der Waals surface area contributed by atoms with Crippen molar-refractivity contribution in [3.05, 3.63) is 68.8 Å². The molecule has 136 valence electrons. The Morgan fingerprint density at radius 1 is 1.12 bits per heavy atom. The molecule has 0 aliphatic carbocycles. The van der Waals surface area contributed by atoms with E-state index in [4.69, 9.17) is 4.42 Å². The summed E-state index contributed by atoms with van der Waals surface area (Å²) in [5, 5.41) is 0. The Morgan fingerprint density at radius 2 is 1.73 bits per heavy atom. The van der Waals surface area contributed by atoms with E-state index < -0.39 is 32.1 Å². The van der Waals surface area contributed by atoms with Gasteiger partial charge in [-0.15, -0.1) is 0 Å². The number of halogens is 3. The third kappa shape index (κ3) is 3.24. The number of benzene rings is 2. The highest BCUT2D eigenvalue weighted by molar-refractivity contribution is 9.10. The van der Waals surface area contributed by atoms with Gasteiger partial charge in [0.25, 0.3) is 0 Å². The summed E-state index contributed by atoms with van der Waals surface area (Å²) in [5.74, 6) is -3.22. The first-order chi connectivity index (χ1) is 12.1. The topological polar surface area (TPSA) is 69.3 Å². The van der Waals surface area contributed by atoms with Crippen molar-refractivity contribution in [1.82, 2.24) is 4.57 Å². The predicted molar refractivity (Wildman–Crippen MR) is 95.2 cm³/mol. The van der Waals surface area contributed by atoms with Gasteiger partial charge in [-0.3, -0.25) is 0 Å². The molecule has 3 aromatic rings. The first-order valence-electron chi connectivity index (χ1n) is 7.26. The normalized spacial score (nSPS) is 11.7. The Morgan fingerprint density at radius 3 is 2.27 bits per heavy atom. The number of hydrogen-bond acceptors (Lipinski definition) is 4. The summed E-state index contributed by atoms with van der Waals surface area (Å²) in [6.45, 7) is 1.82. The van der Waals surface area contributed by atoms with Crippen LogP contribution >= 0.6 is 15.9 Å². The Bertz CT molecular complexity index is 1160. The minimum atomic E-state index is -4.08. The van der Waals surface area contributed by atoms with Crippen molar-refractivity contribution in [2.24, 2.45) is 0 Å². The fourth-order valence-corrected chi connectivity index (χ4v) is 3.65. The lowest BCUT2D eigenvalue weighted by molar-refractivity contribution is 0.504. The maximum atomic E-state index is 14.2. The smallest absolute Gasteiger partial charge is 0.415 e. The SMILES string of the molecule is Cc1cc(-n2c(-c3cc(F)c(S(C)(=O)=O)c(F)c3)coc2=O)ccc1Br. The second-order valence-electron chi connectivity index (χ2n) is 5.70. The zero-order valence-electron chi connectivity index (χ0n) is 13.6. The minimum Gasteiger partial charge on any atom is -0.415 e. The van der Waals surface area contributed by atoms with Crippen LogP contribution in [0.25, 0.3) is 16.9 Å². The molecule has 0 N–H and O–H groups in total. The van der Waals surface area contributed by atoms with E-state index in [2.05, 4.69) is 15.9 Å². The zero-order chi connectivity index (χ0) is 19.2. The molecule has 0 amide bonds. The van der Waals surface area contributed by atoms with Gasteiger partial charge in [-0.1, -0.05) is 15.9 Å². The number of aryl methyl sites for hydroxylation is 1. The number of oxazole rings is 1. The van der Waals surface area contributed by atoms with Crippen LogP contribution in [0.15, 0.2) is 55.2 Å². The first-order valence-corrected chi connectivity index (χ1v) is 9.94. The van der Waals surface area contributed by atoms with Crippen LogP contribution in [0, 0.1) is 18.6 Å². The number of sulfone groups is 1. The van der Waals surface area contributed by atoms with Crippen molar-refractivity contribution in [3.63, 3.8) is 0 Å². The standard InChI is InChI=1S/C17H12BrF2NO4S/c1-9-5-11(3-4-12(9)18)21-15(8-25-17(21)22)10-6-13(19)16(14(20)7-10)26(2,23)24/h3-8H,1-2H3. The summed E-state index contributed by atoms with van der Waals surface area (Å²) in [7, 11) is -4.08. The maximum Gasteiger partial charge on any atom is 0.424 e. The van der Waals surface area contributed by atoms with E-state index in [1.54, 1.807) is 18.2 Å². The first kappa shape index (κ1) is 18.5. The van der Waals surface area contributed by atoms with Crippen molar-refractivity contribution < 1.29 is 21.6 Å². The summed E-state index contributed by atoms with van der Waals surface area (Å²) in [6, 6.07) is 6.76. The van der Waals surface area contributed by atoms with Gasteiger partial charge in [-0.05, 0) is 42.8 Å². The molecule has 1 aromatic heterocycles. The summed E-state index contributed by atoms with van der Waals surface area (Å²) in [5.41, 5.74) is 1.34. The number of rotatable bonds is 3. The average molecular weight is 444 g/mol. The molecule has 0 aliphatic heterocycles. The Balaban J connectivity index is 2.24. The predicted octanol–water partition coefficient (Wildman–Crippen LogP) is 3.85. The molecule has 0 bridgehead atoms. The number of nitrogens with zero attached hydrogens (tertiary/aromatic N) is 1. The summed E-state index contributed by atoms with van der Waals surface area (Å²) >= 11 is 3.35. The van der Waals surface area contributed by atoms with Crippen LogP contribution < -0.4 is 5.76 Å². The van der Waals surface area contributed by atoms with E-state index in [0.717, 1.165) is 33.0 Å². The van der Waals surface area contributed by atoms with Crippen LogP contribution in [0.4, 0.5) is 8.78 Å². The van der Waals surface area contributed by atoms with E-state index >= 15 is 0 Å². The van der Waals surface area contributed by atoms with Crippen molar-refractivity contribution in [2.45, 2.75) is 11.8 Å². The molecular formula is C17H12BrF2NO4S. The van der Waals surface area contributed by atoms with Gasteiger partial charge in [-0.2, -0.15) is 0 Å². The number of hydrogen-bond donors (Lipinski definition) is 0. The van der Waals surface area contributed by atoms with Gasteiger partial charge in [-0.25, -0.2) is 26.6 Å². The van der Waals surface area contributed by atoms with E-state index in [9.17, 15) is 22.0 Å². The average Bonchev–Trinajstić information content (AvgIpc) is 2.89. The Labute approximate surface area is 155 Å². The molecule has 0 saturated carbocycles. The second kappa shape index (κ2) is 6.48. The number of aromatic nitrogens is 1. The largest absolute Gasteiger partial charge is 0.424 e. The third-order valence-electron chi connectivity index (χ3n) is 3.76. The van der Waals surface area contributed by atoms with Gasteiger partial charge < -0.3 is 4.42 Å². The van der Waals surface area contributed by atoms with E-state index in [-0.39, 0.29) is 11.3 Å². The monoisotopic (exact) mass is 443 g/mol. The van der Waals surface area contributed by atoms with Gasteiger partial charge in [0.05, 0.1) is 11.4 Å². The van der Waals surface area contributed by atoms with Gasteiger partial charge in [0.15, 0.2) is 9.84 Å². The van der Waals surface area contributed by atoms with Crippen LogP contribution in [0.2, 0.25) is 0 Å².